The molecule has 0 atom stereocenters. The Bertz CT molecular complexity index is 867. The van der Waals surface area contributed by atoms with Gasteiger partial charge >= 0.3 is 5.76 Å². The van der Waals surface area contributed by atoms with E-state index < -0.39 is 5.76 Å². The van der Waals surface area contributed by atoms with Crippen LogP contribution in [0.3, 0.4) is 0 Å². The smallest absolute Gasteiger partial charge is 0.296 e. The summed E-state index contributed by atoms with van der Waals surface area (Å²) in [5, 5.41) is 3.77. The summed E-state index contributed by atoms with van der Waals surface area (Å²) in [5.41, 5.74) is 4.73. The Morgan fingerprint density at radius 1 is 1.17 bits per heavy atom. The normalized spacial score (nSPS) is 10.9. The number of rotatable bonds is 5. The van der Waals surface area contributed by atoms with Gasteiger partial charge in [0, 0.05) is 11.3 Å². The predicted molar refractivity (Wildman–Crippen MR) is 92.9 cm³/mol. The summed E-state index contributed by atoms with van der Waals surface area (Å²) in [7, 11) is 0. The maximum Gasteiger partial charge on any atom is 0.438 e. The molecule has 0 aliphatic carbocycles. The lowest BCUT2D eigenvalue weighted by Gasteiger charge is -2.13. The van der Waals surface area contributed by atoms with Gasteiger partial charge in [-0.3, -0.25) is 9.51 Å². The van der Waals surface area contributed by atoms with E-state index in [1.807, 2.05) is 23.9 Å². The molecule has 4 nitrogen and oxygen atoms in total. The van der Waals surface area contributed by atoms with Gasteiger partial charge in [-0.15, -0.1) is 11.8 Å². The minimum absolute atomic E-state index is 0.518. The molecule has 0 aliphatic heterocycles. The summed E-state index contributed by atoms with van der Waals surface area (Å²) in [6.07, 6.45) is 0.534. The summed E-state index contributed by atoms with van der Waals surface area (Å²) in [5.74, 6) is 1.05. The molecule has 1 aromatic heterocycles. The molecule has 0 amide bonds. The molecular formula is C18H18N2O2S. The first-order valence-electron chi connectivity index (χ1n) is 7.54. The Balaban J connectivity index is 2.05. The van der Waals surface area contributed by atoms with Gasteiger partial charge < -0.3 is 0 Å². The Morgan fingerprint density at radius 2 is 2.00 bits per heavy atom. The summed E-state index contributed by atoms with van der Waals surface area (Å²) in [6.45, 7) is 4.26. The van der Waals surface area contributed by atoms with Crippen LogP contribution in [0.5, 0.6) is 0 Å². The lowest BCUT2D eigenvalue weighted by molar-refractivity contribution is 0.382. The molecule has 118 valence electrons. The number of hydrogen-bond donors (Lipinski definition) is 1. The van der Waals surface area contributed by atoms with Crippen LogP contribution in [0.1, 0.15) is 23.9 Å². The van der Waals surface area contributed by atoms with E-state index in [2.05, 4.69) is 58.8 Å². The minimum atomic E-state index is -0.518. The summed E-state index contributed by atoms with van der Waals surface area (Å²) >= 11 is 1.84. The van der Waals surface area contributed by atoms with Gasteiger partial charge in [-0.25, -0.2) is 4.79 Å². The van der Waals surface area contributed by atoms with E-state index in [1.54, 1.807) is 0 Å². The average molecular weight is 326 g/mol. The molecular weight excluding hydrogens is 308 g/mol. The van der Waals surface area contributed by atoms with Gasteiger partial charge in [-0.2, -0.15) is 0 Å². The van der Waals surface area contributed by atoms with Crippen LogP contribution in [0.2, 0.25) is 0 Å². The molecule has 0 spiro atoms. The third-order valence-corrected chi connectivity index (χ3v) is 4.52. The molecule has 0 saturated carbocycles. The molecule has 3 rings (SSSR count). The van der Waals surface area contributed by atoms with Gasteiger partial charge in [0.2, 0.25) is 0 Å². The zero-order valence-corrected chi connectivity index (χ0v) is 13.9. The molecule has 0 fully saturated rings. The van der Waals surface area contributed by atoms with Crippen LogP contribution < -0.4 is 5.76 Å². The molecule has 3 aromatic rings. The van der Waals surface area contributed by atoms with Crippen molar-refractivity contribution >= 4 is 11.8 Å². The summed E-state index contributed by atoms with van der Waals surface area (Å²) in [4.78, 5) is 15.0. The molecule has 5 heteroatoms. The lowest BCUT2D eigenvalue weighted by atomic mass is 9.97. The van der Waals surface area contributed by atoms with Crippen molar-refractivity contribution in [2.75, 3.05) is 5.75 Å². The first kappa shape index (κ1) is 15.6. The van der Waals surface area contributed by atoms with E-state index >= 15 is 0 Å². The van der Waals surface area contributed by atoms with Crippen LogP contribution >= 0.6 is 11.8 Å². The van der Waals surface area contributed by atoms with Crippen molar-refractivity contribution in [2.24, 2.45) is 0 Å². The SMILES string of the molecule is CCSc1cc(C)ccc1-c1ccccc1Cc1noc(=O)[nH]1. The molecule has 0 bridgehead atoms. The number of aromatic amines is 1. The van der Waals surface area contributed by atoms with Crippen LogP contribution in [0, 0.1) is 6.92 Å². The van der Waals surface area contributed by atoms with Crippen LogP contribution in [-0.2, 0) is 6.42 Å². The maximum atomic E-state index is 11.1. The van der Waals surface area contributed by atoms with E-state index in [1.165, 1.54) is 16.0 Å². The second-order valence-corrected chi connectivity index (χ2v) is 6.61. The predicted octanol–water partition coefficient (Wildman–Crippen LogP) is 4.04. The quantitative estimate of drug-likeness (QED) is 0.719. The van der Waals surface area contributed by atoms with E-state index in [-0.39, 0.29) is 0 Å². The van der Waals surface area contributed by atoms with Gasteiger partial charge in [0.05, 0.1) is 0 Å². The van der Waals surface area contributed by atoms with Crippen molar-refractivity contribution in [3.05, 3.63) is 70.0 Å². The maximum absolute atomic E-state index is 11.1. The number of aromatic nitrogens is 2. The van der Waals surface area contributed by atoms with Crippen molar-refractivity contribution in [2.45, 2.75) is 25.2 Å². The third kappa shape index (κ3) is 3.56. The fourth-order valence-corrected chi connectivity index (χ4v) is 3.49. The first-order valence-corrected chi connectivity index (χ1v) is 8.52. The van der Waals surface area contributed by atoms with E-state index in [9.17, 15) is 4.79 Å². The van der Waals surface area contributed by atoms with Crippen LogP contribution in [0.25, 0.3) is 11.1 Å². The van der Waals surface area contributed by atoms with Gasteiger partial charge in [0.1, 0.15) is 0 Å². The van der Waals surface area contributed by atoms with Gasteiger partial charge in [0.25, 0.3) is 0 Å². The highest BCUT2D eigenvalue weighted by molar-refractivity contribution is 7.99. The number of H-pyrrole nitrogens is 1. The van der Waals surface area contributed by atoms with E-state index in [4.69, 9.17) is 0 Å². The Morgan fingerprint density at radius 3 is 2.74 bits per heavy atom. The minimum Gasteiger partial charge on any atom is -0.296 e. The first-order chi connectivity index (χ1) is 11.2. The second-order valence-electron chi connectivity index (χ2n) is 5.31. The van der Waals surface area contributed by atoms with E-state index in [0.717, 1.165) is 16.9 Å². The van der Waals surface area contributed by atoms with Crippen molar-refractivity contribution in [3.8, 4) is 11.1 Å². The molecule has 0 saturated heterocycles. The van der Waals surface area contributed by atoms with Crippen LogP contribution in [0.4, 0.5) is 0 Å². The highest BCUT2D eigenvalue weighted by atomic mass is 32.2. The lowest BCUT2D eigenvalue weighted by Crippen LogP contribution is -1.99. The molecule has 2 aromatic carbocycles. The highest BCUT2D eigenvalue weighted by Crippen LogP contribution is 2.34. The van der Waals surface area contributed by atoms with Crippen molar-refractivity contribution < 1.29 is 4.52 Å². The monoisotopic (exact) mass is 326 g/mol. The Labute approximate surface area is 138 Å². The Hall–Kier alpha value is -2.27. The largest absolute Gasteiger partial charge is 0.438 e. The zero-order chi connectivity index (χ0) is 16.2. The molecule has 1 heterocycles. The van der Waals surface area contributed by atoms with Crippen molar-refractivity contribution in [3.63, 3.8) is 0 Å². The third-order valence-electron chi connectivity index (χ3n) is 3.59. The number of nitrogens with one attached hydrogen (secondary N) is 1. The van der Waals surface area contributed by atoms with Crippen LogP contribution in [0.15, 0.2) is 56.7 Å². The number of nitrogens with zero attached hydrogens (tertiary/aromatic N) is 1. The zero-order valence-electron chi connectivity index (χ0n) is 13.1. The summed E-state index contributed by atoms with van der Waals surface area (Å²) < 4.78 is 4.60. The Kier molecular flexibility index (Phi) is 4.67. The van der Waals surface area contributed by atoms with Gasteiger partial charge in [0.15, 0.2) is 5.82 Å². The average Bonchev–Trinajstić information content (AvgIpc) is 2.94. The fraction of sp³-hybridized carbons (Fsp3) is 0.222. The van der Waals surface area contributed by atoms with Crippen molar-refractivity contribution in [1.82, 2.24) is 10.1 Å². The van der Waals surface area contributed by atoms with Crippen LogP contribution in [-0.4, -0.2) is 15.9 Å². The van der Waals surface area contributed by atoms with E-state index in [0.29, 0.717) is 12.2 Å². The topological polar surface area (TPSA) is 58.9 Å². The number of aryl methyl sites for hydroxylation is 1. The van der Waals surface area contributed by atoms with Crippen molar-refractivity contribution in [1.29, 1.82) is 0 Å². The van der Waals surface area contributed by atoms with Gasteiger partial charge in [-0.05, 0) is 41.0 Å². The number of benzene rings is 2. The molecule has 1 N–H and O–H groups in total. The molecule has 0 unspecified atom stereocenters. The molecule has 0 radical (unpaired) electrons. The molecule has 0 aliphatic rings. The summed E-state index contributed by atoms with van der Waals surface area (Å²) in [6, 6.07) is 14.7. The highest BCUT2D eigenvalue weighted by Gasteiger charge is 2.12. The number of hydrogen-bond acceptors (Lipinski definition) is 4. The number of thioether (sulfide) groups is 1. The second kappa shape index (κ2) is 6.87. The fourth-order valence-electron chi connectivity index (χ4n) is 2.58. The molecule has 23 heavy (non-hydrogen) atoms. The standard InChI is InChI=1S/C18H18N2O2S/c1-3-23-16-10-12(2)8-9-15(16)14-7-5-4-6-13(14)11-17-19-18(21)22-20-17/h4-10H,3,11H2,1-2H3,(H,19,20,21). The van der Waals surface area contributed by atoms with Gasteiger partial charge in [-0.1, -0.05) is 48.5 Å².